The minimum absolute atomic E-state index is 0.124. The second kappa shape index (κ2) is 9.62. The van der Waals surface area contributed by atoms with Crippen molar-refractivity contribution in [3.63, 3.8) is 0 Å². The Balaban J connectivity index is 2.44. The van der Waals surface area contributed by atoms with Crippen molar-refractivity contribution in [2.24, 2.45) is 0 Å². The third-order valence-corrected chi connectivity index (χ3v) is 4.41. The van der Waals surface area contributed by atoms with E-state index in [9.17, 15) is 13.2 Å². The highest BCUT2D eigenvalue weighted by Crippen LogP contribution is 2.18. The van der Waals surface area contributed by atoms with Crippen molar-refractivity contribution in [3.8, 4) is 5.75 Å². The van der Waals surface area contributed by atoms with Crippen LogP contribution in [-0.4, -0.2) is 39.0 Å². The first-order valence-corrected chi connectivity index (χ1v) is 9.97. The first-order valence-electron chi connectivity index (χ1n) is 8.31. The van der Waals surface area contributed by atoms with Crippen LogP contribution in [0, 0.1) is 0 Å². The molecule has 0 spiro atoms. The van der Waals surface area contributed by atoms with E-state index in [1.165, 1.54) is 0 Å². The minimum Gasteiger partial charge on any atom is -0.492 e. The number of carbonyl (C=O) groups excluding carboxylic acids is 1. The molecule has 0 aliphatic rings. The van der Waals surface area contributed by atoms with E-state index in [4.69, 9.17) is 9.47 Å². The maximum absolute atomic E-state index is 11.7. The number of rotatable bonds is 9. The Hall–Kier alpha value is -1.80. The van der Waals surface area contributed by atoms with Gasteiger partial charge in [-0.15, -0.1) is 0 Å². The SMILES string of the molecule is CCCCS(=O)(=O)NCCOc1cccc(NC(=O)OC(C)(C)C)c1. The maximum atomic E-state index is 11.7. The van der Waals surface area contributed by atoms with Gasteiger partial charge in [0.15, 0.2) is 0 Å². The van der Waals surface area contributed by atoms with Gasteiger partial charge in [-0.25, -0.2) is 17.9 Å². The fourth-order valence-corrected chi connectivity index (χ4v) is 3.07. The van der Waals surface area contributed by atoms with Crippen molar-refractivity contribution in [1.29, 1.82) is 0 Å². The van der Waals surface area contributed by atoms with Crippen LogP contribution in [0.25, 0.3) is 0 Å². The molecule has 1 aromatic rings. The Kier molecular flexibility index (Phi) is 8.18. The highest BCUT2D eigenvalue weighted by atomic mass is 32.2. The Morgan fingerprint density at radius 2 is 1.96 bits per heavy atom. The van der Waals surface area contributed by atoms with Gasteiger partial charge >= 0.3 is 6.09 Å². The number of carbonyl (C=O) groups is 1. The lowest BCUT2D eigenvalue weighted by Gasteiger charge is -2.19. The molecule has 142 valence electrons. The van der Waals surface area contributed by atoms with Gasteiger partial charge in [0.05, 0.1) is 5.75 Å². The van der Waals surface area contributed by atoms with Crippen LogP contribution < -0.4 is 14.8 Å². The topological polar surface area (TPSA) is 93.7 Å². The van der Waals surface area contributed by atoms with E-state index >= 15 is 0 Å². The Labute approximate surface area is 150 Å². The first-order chi connectivity index (χ1) is 11.6. The number of hydrogen-bond donors (Lipinski definition) is 2. The van der Waals surface area contributed by atoms with Gasteiger partial charge in [0.2, 0.25) is 10.0 Å². The molecule has 7 nitrogen and oxygen atoms in total. The lowest BCUT2D eigenvalue weighted by Crippen LogP contribution is -2.30. The number of sulfonamides is 1. The summed E-state index contributed by atoms with van der Waals surface area (Å²) in [6.45, 7) is 7.68. The van der Waals surface area contributed by atoms with Crippen molar-refractivity contribution in [2.45, 2.75) is 46.1 Å². The maximum Gasteiger partial charge on any atom is 0.412 e. The summed E-state index contributed by atoms with van der Waals surface area (Å²) in [6.07, 6.45) is 0.914. The van der Waals surface area contributed by atoms with Crippen molar-refractivity contribution >= 4 is 21.8 Å². The lowest BCUT2D eigenvalue weighted by molar-refractivity contribution is 0.0636. The minimum atomic E-state index is -3.24. The molecule has 1 aromatic carbocycles. The molecule has 8 heteroatoms. The molecule has 0 unspecified atom stereocenters. The smallest absolute Gasteiger partial charge is 0.412 e. The summed E-state index contributed by atoms with van der Waals surface area (Å²) < 4.78 is 36.5. The standard InChI is InChI=1S/C17H28N2O5S/c1-5-6-12-25(21,22)18-10-11-23-15-9-7-8-14(13-15)19-16(20)24-17(2,3)4/h7-9,13,18H,5-6,10-12H2,1-4H3,(H,19,20). The number of ether oxygens (including phenoxy) is 2. The predicted octanol–water partition coefficient (Wildman–Crippen LogP) is 3.13. The molecule has 1 rings (SSSR count). The molecule has 2 N–H and O–H groups in total. The first kappa shape index (κ1) is 21.2. The summed E-state index contributed by atoms with van der Waals surface area (Å²) in [6, 6.07) is 6.82. The quantitative estimate of drug-likeness (QED) is 0.650. The van der Waals surface area contributed by atoms with Gasteiger partial charge < -0.3 is 9.47 Å². The van der Waals surface area contributed by atoms with Crippen molar-refractivity contribution in [2.75, 3.05) is 24.2 Å². The van der Waals surface area contributed by atoms with Crippen LogP contribution in [0.3, 0.4) is 0 Å². The molecule has 0 aliphatic carbocycles. The van der Waals surface area contributed by atoms with Gasteiger partial charge in [0.25, 0.3) is 0 Å². The monoisotopic (exact) mass is 372 g/mol. The average Bonchev–Trinajstić information content (AvgIpc) is 2.48. The predicted molar refractivity (Wildman–Crippen MR) is 98.5 cm³/mol. The van der Waals surface area contributed by atoms with Gasteiger partial charge in [-0.3, -0.25) is 5.32 Å². The third-order valence-electron chi connectivity index (χ3n) is 2.94. The third kappa shape index (κ3) is 9.93. The van der Waals surface area contributed by atoms with Crippen molar-refractivity contribution in [1.82, 2.24) is 4.72 Å². The van der Waals surface area contributed by atoms with E-state index in [1.54, 1.807) is 45.0 Å². The lowest BCUT2D eigenvalue weighted by atomic mass is 10.2. The summed E-state index contributed by atoms with van der Waals surface area (Å²) in [7, 11) is -3.24. The summed E-state index contributed by atoms with van der Waals surface area (Å²) in [4.78, 5) is 11.7. The molecule has 1 amide bonds. The molecule has 0 heterocycles. The van der Waals surface area contributed by atoms with Gasteiger partial charge in [-0.2, -0.15) is 0 Å². The van der Waals surface area contributed by atoms with E-state index < -0.39 is 21.7 Å². The molecule has 0 saturated carbocycles. The normalized spacial score (nSPS) is 11.8. The Morgan fingerprint density at radius 3 is 2.60 bits per heavy atom. The highest BCUT2D eigenvalue weighted by molar-refractivity contribution is 7.89. The van der Waals surface area contributed by atoms with Crippen molar-refractivity contribution in [3.05, 3.63) is 24.3 Å². The number of amides is 1. The van der Waals surface area contributed by atoms with Gasteiger partial charge in [0, 0.05) is 18.3 Å². The largest absolute Gasteiger partial charge is 0.492 e. The Bertz CT molecular complexity index is 653. The molecule has 0 bridgehead atoms. The summed E-state index contributed by atoms with van der Waals surface area (Å²) >= 11 is 0. The molecule has 0 fully saturated rings. The zero-order valence-electron chi connectivity index (χ0n) is 15.3. The fourth-order valence-electron chi connectivity index (χ4n) is 1.86. The van der Waals surface area contributed by atoms with E-state index in [0.29, 0.717) is 17.9 Å². The number of unbranched alkanes of at least 4 members (excludes halogenated alkanes) is 1. The fraction of sp³-hybridized carbons (Fsp3) is 0.588. The molecular weight excluding hydrogens is 344 g/mol. The van der Waals surface area contributed by atoms with Crippen LogP contribution in [-0.2, 0) is 14.8 Å². The highest BCUT2D eigenvalue weighted by Gasteiger charge is 2.16. The van der Waals surface area contributed by atoms with E-state index in [2.05, 4.69) is 10.0 Å². The van der Waals surface area contributed by atoms with Crippen LogP contribution >= 0.6 is 0 Å². The van der Waals surface area contributed by atoms with Crippen molar-refractivity contribution < 1.29 is 22.7 Å². The molecule has 0 aliphatic heterocycles. The van der Waals surface area contributed by atoms with E-state index in [0.717, 1.165) is 6.42 Å². The van der Waals surface area contributed by atoms with Crippen LogP contribution in [0.5, 0.6) is 5.75 Å². The number of anilines is 1. The second-order valence-corrected chi connectivity index (χ2v) is 8.50. The Morgan fingerprint density at radius 1 is 1.24 bits per heavy atom. The molecular formula is C17H28N2O5S. The van der Waals surface area contributed by atoms with E-state index in [1.807, 2.05) is 6.92 Å². The van der Waals surface area contributed by atoms with Crippen LogP contribution in [0.1, 0.15) is 40.5 Å². The summed E-state index contributed by atoms with van der Waals surface area (Å²) in [5.41, 5.74) is -0.0390. The molecule has 0 atom stereocenters. The molecule has 0 aromatic heterocycles. The summed E-state index contributed by atoms with van der Waals surface area (Å²) in [5.74, 6) is 0.653. The number of nitrogens with one attached hydrogen (secondary N) is 2. The zero-order chi connectivity index (χ0) is 18.9. The summed E-state index contributed by atoms with van der Waals surface area (Å²) in [5, 5.41) is 2.62. The van der Waals surface area contributed by atoms with Gasteiger partial charge in [0.1, 0.15) is 18.0 Å². The second-order valence-electron chi connectivity index (χ2n) is 6.57. The number of benzene rings is 1. The molecule has 0 saturated heterocycles. The van der Waals surface area contributed by atoms with Gasteiger partial charge in [-0.05, 0) is 39.3 Å². The van der Waals surface area contributed by atoms with Gasteiger partial charge in [-0.1, -0.05) is 19.4 Å². The van der Waals surface area contributed by atoms with E-state index in [-0.39, 0.29) is 18.9 Å². The molecule has 0 radical (unpaired) electrons. The zero-order valence-corrected chi connectivity index (χ0v) is 16.1. The van der Waals surface area contributed by atoms with Crippen LogP contribution in [0.2, 0.25) is 0 Å². The molecule has 25 heavy (non-hydrogen) atoms. The number of hydrogen-bond acceptors (Lipinski definition) is 5. The average molecular weight is 372 g/mol. The van der Waals surface area contributed by atoms with Crippen LogP contribution in [0.4, 0.5) is 10.5 Å². The van der Waals surface area contributed by atoms with Crippen LogP contribution in [0.15, 0.2) is 24.3 Å².